The zero-order valence-corrected chi connectivity index (χ0v) is 18.4. The Morgan fingerprint density at radius 3 is 2.09 bits per heavy atom. The predicted octanol–water partition coefficient (Wildman–Crippen LogP) is 4.54. The second-order valence-corrected chi connectivity index (χ2v) is 7.54. The second kappa shape index (κ2) is 8.38. The van der Waals surface area contributed by atoms with Crippen molar-refractivity contribution in [2.45, 2.75) is 5.92 Å². The lowest BCUT2D eigenvalue weighted by Crippen LogP contribution is -2.28. The molecule has 0 saturated heterocycles. The van der Waals surface area contributed by atoms with Gasteiger partial charge >= 0.3 is 5.97 Å². The summed E-state index contributed by atoms with van der Waals surface area (Å²) >= 11 is 0. The molecule has 4 rings (SSSR count). The number of esters is 1. The van der Waals surface area contributed by atoms with Gasteiger partial charge in [0.2, 0.25) is 5.75 Å². The van der Waals surface area contributed by atoms with Crippen LogP contribution < -0.4 is 14.2 Å². The molecule has 0 spiro atoms. The van der Waals surface area contributed by atoms with E-state index < -0.39 is 17.8 Å². The van der Waals surface area contributed by atoms with Crippen molar-refractivity contribution in [1.82, 2.24) is 0 Å². The fourth-order valence-electron chi connectivity index (χ4n) is 4.57. The second-order valence-electron chi connectivity index (χ2n) is 7.54. The van der Waals surface area contributed by atoms with Crippen LogP contribution in [0.2, 0.25) is 0 Å². The summed E-state index contributed by atoms with van der Waals surface area (Å²) in [6, 6.07) is 14.9. The molecular weight excluding hydrogens is 408 g/mol. The SMILES string of the molecule is C=C1C(=O)c2cccc3cccc(c23)[C@@H](c2cc(OC)c(OC)c(OC)c2)[C@@H]1C(=O)OC. The van der Waals surface area contributed by atoms with Crippen molar-refractivity contribution in [3.63, 3.8) is 0 Å². The molecule has 0 unspecified atom stereocenters. The molecule has 0 fully saturated rings. The van der Waals surface area contributed by atoms with Gasteiger partial charge in [0.1, 0.15) is 0 Å². The van der Waals surface area contributed by atoms with Crippen LogP contribution in [0.1, 0.15) is 27.4 Å². The fraction of sp³-hybridized carbons (Fsp3) is 0.231. The van der Waals surface area contributed by atoms with E-state index in [2.05, 4.69) is 6.58 Å². The van der Waals surface area contributed by atoms with Crippen LogP contribution in [0.15, 0.2) is 60.7 Å². The third-order valence-corrected chi connectivity index (χ3v) is 6.02. The van der Waals surface area contributed by atoms with Crippen LogP contribution in [-0.4, -0.2) is 40.2 Å². The average Bonchev–Trinajstić information content (AvgIpc) is 2.92. The minimum atomic E-state index is -0.923. The van der Waals surface area contributed by atoms with Gasteiger partial charge in [0, 0.05) is 17.1 Å². The topological polar surface area (TPSA) is 71.1 Å². The number of methoxy groups -OCH3 is 4. The molecule has 0 aromatic heterocycles. The molecule has 1 aliphatic rings. The summed E-state index contributed by atoms with van der Waals surface area (Å²) in [5, 5.41) is 1.70. The van der Waals surface area contributed by atoms with Crippen LogP contribution in [0.3, 0.4) is 0 Å². The maximum Gasteiger partial charge on any atom is 0.314 e. The number of rotatable bonds is 5. The number of hydrogen-bond acceptors (Lipinski definition) is 6. The van der Waals surface area contributed by atoms with Crippen LogP contribution in [0, 0.1) is 5.92 Å². The number of ether oxygens (including phenoxy) is 4. The van der Waals surface area contributed by atoms with Gasteiger partial charge in [-0.25, -0.2) is 0 Å². The molecule has 32 heavy (non-hydrogen) atoms. The van der Waals surface area contributed by atoms with Crippen molar-refractivity contribution >= 4 is 22.5 Å². The van der Waals surface area contributed by atoms with E-state index >= 15 is 0 Å². The first kappa shape index (κ1) is 21.4. The maximum atomic E-state index is 13.4. The predicted molar refractivity (Wildman–Crippen MR) is 121 cm³/mol. The van der Waals surface area contributed by atoms with Gasteiger partial charge in [0.05, 0.1) is 34.4 Å². The third kappa shape index (κ3) is 3.19. The minimum Gasteiger partial charge on any atom is -0.493 e. The summed E-state index contributed by atoms with van der Waals surface area (Å²) in [4.78, 5) is 26.4. The van der Waals surface area contributed by atoms with Crippen LogP contribution in [0.4, 0.5) is 0 Å². The number of Topliss-reactive ketones (excluding diaryl/α,β-unsaturated/α-hetero) is 1. The Bertz CT molecular complexity index is 1210. The first-order valence-electron chi connectivity index (χ1n) is 10.1. The van der Waals surface area contributed by atoms with E-state index in [1.165, 1.54) is 28.4 Å². The summed E-state index contributed by atoms with van der Waals surface area (Å²) in [5.74, 6) is -0.941. The van der Waals surface area contributed by atoms with E-state index in [0.29, 0.717) is 28.4 Å². The highest BCUT2D eigenvalue weighted by Gasteiger charge is 2.41. The maximum absolute atomic E-state index is 13.4. The van der Waals surface area contributed by atoms with Gasteiger partial charge in [-0.3, -0.25) is 9.59 Å². The lowest BCUT2D eigenvalue weighted by molar-refractivity contribution is -0.144. The van der Waals surface area contributed by atoms with Crippen molar-refractivity contribution in [3.05, 3.63) is 77.4 Å². The zero-order chi connectivity index (χ0) is 23.0. The highest BCUT2D eigenvalue weighted by molar-refractivity contribution is 6.19. The Kier molecular flexibility index (Phi) is 5.61. The summed E-state index contributed by atoms with van der Waals surface area (Å²) < 4.78 is 21.7. The van der Waals surface area contributed by atoms with Crippen molar-refractivity contribution in [3.8, 4) is 17.2 Å². The Hall–Kier alpha value is -3.80. The van der Waals surface area contributed by atoms with Crippen molar-refractivity contribution in [2.75, 3.05) is 28.4 Å². The summed E-state index contributed by atoms with van der Waals surface area (Å²) in [7, 11) is 5.90. The molecule has 3 aromatic rings. The van der Waals surface area contributed by atoms with Crippen molar-refractivity contribution < 1.29 is 28.5 Å². The summed E-state index contributed by atoms with van der Waals surface area (Å²) in [5.41, 5.74) is 2.24. The highest BCUT2D eigenvalue weighted by Crippen LogP contribution is 2.48. The molecule has 0 heterocycles. The van der Waals surface area contributed by atoms with Gasteiger partial charge in [0.25, 0.3) is 0 Å². The molecule has 0 radical (unpaired) electrons. The Labute approximate surface area is 186 Å². The van der Waals surface area contributed by atoms with Gasteiger partial charge < -0.3 is 18.9 Å². The van der Waals surface area contributed by atoms with Gasteiger partial charge in [0.15, 0.2) is 17.3 Å². The van der Waals surface area contributed by atoms with Gasteiger partial charge in [-0.1, -0.05) is 43.0 Å². The molecule has 1 aliphatic carbocycles. The summed E-state index contributed by atoms with van der Waals surface area (Å²) in [6.45, 7) is 4.03. The quantitative estimate of drug-likeness (QED) is 0.436. The number of benzene rings is 3. The number of hydrogen-bond donors (Lipinski definition) is 0. The third-order valence-electron chi connectivity index (χ3n) is 6.02. The molecule has 2 atom stereocenters. The minimum absolute atomic E-state index is 0.180. The molecule has 0 bridgehead atoms. The van der Waals surface area contributed by atoms with E-state index in [1.807, 2.05) is 30.3 Å². The molecule has 164 valence electrons. The average molecular weight is 432 g/mol. The molecule has 3 aromatic carbocycles. The standard InChI is InChI=1S/C26H24O6/c1-14-21(26(28)32-5)23(16-12-19(29-2)25(31-4)20(13-16)30-3)17-10-6-8-15-9-7-11-18(22(15)17)24(14)27/h6-13,21,23H,1H2,2-5H3/t21-,23-/m1/s1. The van der Waals surface area contributed by atoms with Crippen LogP contribution in [-0.2, 0) is 9.53 Å². The zero-order valence-electron chi connectivity index (χ0n) is 18.4. The fourth-order valence-corrected chi connectivity index (χ4v) is 4.57. The van der Waals surface area contributed by atoms with Crippen LogP contribution >= 0.6 is 0 Å². The smallest absolute Gasteiger partial charge is 0.314 e. The van der Waals surface area contributed by atoms with Gasteiger partial charge in [-0.2, -0.15) is 0 Å². The first-order valence-corrected chi connectivity index (χ1v) is 10.1. The molecular formula is C26H24O6. The van der Waals surface area contributed by atoms with E-state index in [9.17, 15) is 9.59 Å². The van der Waals surface area contributed by atoms with E-state index in [-0.39, 0.29) is 11.4 Å². The summed E-state index contributed by atoms with van der Waals surface area (Å²) in [6.07, 6.45) is 0. The van der Waals surface area contributed by atoms with Crippen LogP contribution in [0.25, 0.3) is 10.8 Å². The van der Waals surface area contributed by atoms with Gasteiger partial charge in [-0.05, 0) is 34.0 Å². The van der Waals surface area contributed by atoms with Crippen molar-refractivity contribution in [2.24, 2.45) is 5.92 Å². The molecule has 6 nitrogen and oxygen atoms in total. The lowest BCUT2D eigenvalue weighted by Gasteiger charge is -2.27. The number of ketones is 1. The monoisotopic (exact) mass is 432 g/mol. The molecule has 0 amide bonds. The van der Waals surface area contributed by atoms with E-state index in [1.54, 1.807) is 18.2 Å². The Morgan fingerprint density at radius 2 is 1.53 bits per heavy atom. The van der Waals surface area contributed by atoms with E-state index in [0.717, 1.165) is 16.3 Å². The number of carbonyl (C=O) groups excluding carboxylic acids is 2. The number of carbonyl (C=O) groups is 2. The molecule has 0 aliphatic heterocycles. The largest absolute Gasteiger partial charge is 0.493 e. The van der Waals surface area contributed by atoms with E-state index in [4.69, 9.17) is 18.9 Å². The highest BCUT2D eigenvalue weighted by atomic mass is 16.5. The van der Waals surface area contributed by atoms with Gasteiger partial charge in [-0.15, -0.1) is 0 Å². The Morgan fingerprint density at radius 1 is 0.906 bits per heavy atom. The van der Waals surface area contributed by atoms with Crippen LogP contribution in [0.5, 0.6) is 17.2 Å². The molecule has 0 N–H and O–H groups in total. The van der Waals surface area contributed by atoms with Crippen molar-refractivity contribution in [1.29, 1.82) is 0 Å². The normalized spacial score (nSPS) is 17.6. The first-order chi connectivity index (χ1) is 15.5. The molecule has 6 heteroatoms. The molecule has 0 saturated carbocycles. The lowest BCUT2D eigenvalue weighted by atomic mass is 9.77. The Balaban J connectivity index is 2.10.